The second-order valence-electron chi connectivity index (χ2n) is 4.59. The van der Waals surface area contributed by atoms with E-state index in [1.165, 1.54) is 12.1 Å². The van der Waals surface area contributed by atoms with E-state index in [4.69, 9.17) is 4.52 Å². The highest BCUT2D eigenvalue weighted by atomic mass is 32.2. The smallest absolute Gasteiger partial charge is 0.261 e. The largest absolute Gasteiger partial charge is 0.507 e. The zero-order valence-corrected chi connectivity index (χ0v) is 11.6. The Hall–Kier alpha value is -1.56. The Balaban J connectivity index is 2.08. The first-order valence-electron chi connectivity index (χ1n) is 5.95. The molecule has 1 aromatic heterocycles. The molecular weight excluding hydrogens is 267 g/mol. The molecule has 0 aliphatic heterocycles. The topological polar surface area (TPSA) is 59.2 Å². The van der Waals surface area contributed by atoms with Gasteiger partial charge in [0.05, 0.1) is 11.3 Å². The number of halogens is 1. The molecule has 0 amide bonds. The van der Waals surface area contributed by atoms with Gasteiger partial charge in [-0.15, -0.1) is 0 Å². The first-order valence-corrected chi connectivity index (χ1v) is 7.11. The Bertz CT molecular complexity index is 557. The molecule has 0 saturated carbocycles. The molecule has 2 aromatic rings. The molecule has 1 N–H and O–H groups in total. The second-order valence-corrected chi connectivity index (χ2v) is 5.62. The van der Waals surface area contributed by atoms with Gasteiger partial charge in [-0.3, -0.25) is 0 Å². The van der Waals surface area contributed by atoms with Crippen molar-refractivity contribution in [3.63, 3.8) is 0 Å². The van der Waals surface area contributed by atoms with E-state index in [0.29, 0.717) is 23.1 Å². The van der Waals surface area contributed by atoms with Gasteiger partial charge in [0.2, 0.25) is 0 Å². The Morgan fingerprint density at radius 2 is 2.21 bits per heavy atom. The lowest BCUT2D eigenvalue weighted by molar-refractivity contribution is 0.419. The molecule has 0 unspecified atom stereocenters. The van der Waals surface area contributed by atoms with Crippen molar-refractivity contribution in [3.8, 4) is 17.2 Å². The molecule has 1 aromatic carbocycles. The summed E-state index contributed by atoms with van der Waals surface area (Å²) in [6.07, 6.45) is 0. The van der Waals surface area contributed by atoms with Crippen LogP contribution in [0.3, 0.4) is 0 Å². The summed E-state index contributed by atoms with van der Waals surface area (Å²) in [6, 6.07) is 3.68. The highest BCUT2D eigenvalue weighted by Gasteiger charge is 2.13. The summed E-state index contributed by atoms with van der Waals surface area (Å²) in [5, 5.41) is 13.5. The monoisotopic (exact) mass is 282 g/mol. The van der Waals surface area contributed by atoms with Crippen LogP contribution in [0.15, 0.2) is 22.7 Å². The van der Waals surface area contributed by atoms with Gasteiger partial charge in [0.15, 0.2) is 5.82 Å². The number of nitrogens with zero attached hydrogens (tertiary/aromatic N) is 2. The van der Waals surface area contributed by atoms with Crippen LogP contribution in [0.2, 0.25) is 0 Å². The van der Waals surface area contributed by atoms with Crippen LogP contribution in [0.25, 0.3) is 11.5 Å². The van der Waals surface area contributed by atoms with Gasteiger partial charge in [0.25, 0.3) is 5.89 Å². The highest BCUT2D eigenvalue weighted by molar-refractivity contribution is 7.98. The number of thioether (sulfide) groups is 1. The van der Waals surface area contributed by atoms with Gasteiger partial charge in [-0.2, -0.15) is 16.7 Å². The third-order valence-electron chi connectivity index (χ3n) is 2.34. The minimum atomic E-state index is -0.506. The molecule has 0 atom stereocenters. The standard InChI is InChI=1S/C13H15FN2O2S/c1-8(2)6-19-7-12-15-13(18-16-12)10-4-3-9(14)5-11(10)17/h3-5,8,17H,6-7H2,1-2H3. The number of phenolic OH excluding ortho intramolecular Hbond substituents is 1. The molecule has 4 nitrogen and oxygen atoms in total. The molecule has 6 heteroatoms. The summed E-state index contributed by atoms with van der Waals surface area (Å²) >= 11 is 1.72. The van der Waals surface area contributed by atoms with Crippen LogP contribution < -0.4 is 0 Å². The lowest BCUT2D eigenvalue weighted by Gasteiger charge is -2.00. The second kappa shape index (κ2) is 6.06. The Labute approximate surface area is 115 Å². The van der Waals surface area contributed by atoms with Crippen LogP contribution in [-0.2, 0) is 5.75 Å². The number of hydrogen-bond acceptors (Lipinski definition) is 5. The lowest BCUT2D eigenvalue weighted by Crippen LogP contribution is -1.92. The number of rotatable bonds is 5. The zero-order chi connectivity index (χ0) is 13.8. The van der Waals surface area contributed by atoms with Crippen molar-refractivity contribution in [3.05, 3.63) is 29.8 Å². The van der Waals surface area contributed by atoms with Gasteiger partial charge < -0.3 is 9.63 Å². The first kappa shape index (κ1) is 13.9. The van der Waals surface area contributed by atoms with Crippen molar-refractivity contribution < 1.29 is 14.0 Å². The quantitative estimate of drug-likeness (QED) is 0.910. The summed E-state index contributed by atoms with van der Waals surface area (Å²) in [5.41, 5.74) is 0.342. The molecule has 0 spiro atoms. The lowest BCUT2D eigenvalue weighted by atomic mass is 10.2. The van der Waals surface area contributed by atoms with E-state index in [2.05, 4.69) is 24.0 Å². The van der Waals surface area contributed by atoms with Crippen LogP contribution in [0.4, 0.5) is 4.39 Å². The summed E-state index contributed by atoms with van der Waals surface area (Å²) in [7, 11) is 0. The first-order chi connectivity index (χ1) is 9.06. The Morgan fingerprint density at radius 1 is 1.42 bits per heavy atom. The number of benzene rings is 1. The van der Waals surface area contributed by atoms with Crippen molar-refractivity contribution in [1.82, 2.24) is 10.1 Å². The maximum atomic E-state index is 12.9. The molecule has 102 valence electrons. The van der Waals surface area contributed by atoms with Crippen molar-refractivity contribution in [2.45, 2.75) is 19.6 Å². The minimum absolute atomic E-state index is 0.204. The summed E-state index contributed by atoms with van der Waals surface area (Å²) < 4.78 is 18.0. The van der Waals surface area contributed by atoms with Gasteiger partial charge in [0.1, 0.15) is 11.6 Å². The van der Waals surface area contributed by atoms with E-state index >= 15 is 0 Å². The molecule has 0 radical (unpaired) electrons. The van der Waals surface area contributed by atoms with Gasteiger partial charge in [0, 0.05) is 6.07 Å². The maximum Gasteiger partial charge on any atom is 0.261 e. The summed E-state index contributed by atoms with van der Waals surface area (Å²) in [5.74, 6) is 2.35. The van der Waals surface area contributed by atoms with Crippen LogP contribution in [0, 0.1) is 11.7 Å². The predicted octanol–water partition coefficient (Wildman–Crippen LogP) is 3.47. The van der Waals surface area contributed by atoms with Crippen molar-refractivity contribution >= 4 is 11.8 Å². The Kier molecular flexibility index (Phi) is 4.42. The fourth-order valence-corrected chi connectivity index (χ4v) is 2.38. The van der Waals surface area contributed by atoms with E-state index < -0.39 is 5.82 Å². The number of aromatic hydroxyl groups is 1. The Morgan fingerprint density at radius 3 is 2.89 bits per heavy atom. The average molecular weight is 282 g/mol. The highest BCUT2D eigenvalue weighted by Crippen LogP contribution is 2.28. The van der Waals surface area contributed by atoms with E-state index in [-0.39, 0.29) is 11.6 Å². The molecule has 0 aliphatic rings. The molecule has 19 heavy (non-hydrogen) atoms. The fourth-order valence-electron chi connectivity index (χ4n) is 1.49. The molecule has 0 fully saturated rings. The molecule has 0 bridgehead atoms. The van der Waals surface area contributed by atoms with Crippen molar-refractivity contribution in [1.29, 1.82) is 0 Å². The molecule has 1 heterocycles. The van der Waals surface area contributed by atoms with Crippen molar-refractivity contribution in [2.24, 2.45) is 5.92 Å². The van der Waals surface area contributed by atoms with Gasteiger partial charge in [-0.25, -0.2) is 4.39 Å². The van der Waals surface area contributed by atoms with Crippen LogP contribution >= 0.6 is 11.8 Å². The molecular formula is C13H15FN2O2S. The number of hydrogen-bond donors (Lipinski definition) is 1. The zero-order valence-electron chi connectivity index (χ0n) is 10.8. The normalized spacial score (nSPS) is 11.2. The maximum absolute atomic E-state index is 12.9. The molecule has 0 saturated heterocycles. The van der Waals surface area contributed by atoms with Gasteiger partial charge >= 0.3 is 0 Å². The van der Waals surface area contributed by atoms with Gasteiger partial charge in [-0.05, 0) is 23.8 Å². The van der Waals surface area contributed by atoms with Crippen LogP contribution in [0.1, 0.15) is 19.7 Å². The number of aromatic nitrogens is 2. The average Bonchev–Trinajstić information content (AvgIpc) is 2.77. The summed E-state index contributed by atoms with van der Waals surface area (Å²) in [4.78, 5) is 4.19. The van der Waals surface area contributed by atoms with Crippen LogP contribution in [-0.4, -0.2) is 21.0 Å². The van der Waals surface area contributed by atoms with E-state index in [9.17, 15) is 9.50 Å². The van der Waals surface area contributed by atoms with Gasteiger partial charge in [-0.1, -0.05) is 19.0 Å². The third kappa shape index (κ3) is 3.70. The minimum Gasteiger partial charge on any atom is -0.507 e. The van der Waals surface area contributed by atoms with Crippen molar-refractivity contribution in [2.75, 3.05) is 5.75 Å². The van der Waals surface area contributed by atoms with E-state index in [1.807, 2.05) is 0 Å². The van der Waals surface area contributed by atoms with E-state index in [1.54, 1.807) is 11.8 Å². The fraction of sp³-hybridized carbons (Fsp3) is 0.385. The van der Waals surface area contributed by atoms with Crippen LogP contribution in [0.5, 0.6) is 5.75 Å². The number of phenols is 1. The predicted molar refractivity (Wildman–Crippen MR) is 72.4 cm³/mol. The summed E-state index contributed by atoms with van der Waals surface area (Å²) in [6.45, 7) is 4.29. The third-order valence-corrected chi connectivity index (χ3v) is 3.71. The van der Waals surface area contributed by atoms with E-state index in [0.717, 1.165) is 11.8 Å². The molecule has 0 aliphatic carbocycles. The SMILES string of the molecule is CC(C)CSCc1noc(-c2ccc(F)cc2O)n1. The molecule has 2 rings (SSSR count).